The van der Waals surface area contributed by atoms with Crippen LogP contribution in [0.1, 0.15) is 24.2 Å². The van der Waals surface area contributed by atoms with Crippen molar-refractivity contribution in [3.63, 3.8) is 0 Å². The van der Waals surface area contributed by atoms with Crippen molar-refractivity contribution in [2.45, 2.75) is 33.2 Å². The Labute approximate surface area is 87.4 Å². The molecule has 15 heavy (non-hydrogen) atoms. The highest BCUT2D eigenvalue weighted by Crippen LogP contribution is 1.92. The highest BCUT2D eigenvalue weighted by Gasteiger charge is 2.10. The number of aromatic nitrogens is 2. The smallest absolute Gasteiger partial charge is 0.481 e. The minimum absolute atomic E-state index is 0.0831. The van der Waals surface area contributed by atoms with E-state index in [-0.39, 0.29) is 12.1 Å². The molecule has 1 rings (SSSR count). The Kier molecular flexibility index (Phi) is 3.60. The van der Waals surface area contributed by atoms with Crippen LogP contribution in [0.25, 0.3) is 0 Å². The van der Waals surface area contributed by atoms with Crippen molar-refractivity contribution in [1.29, 1.82) is 0 Å². The molecule has 0 saturated carbocycles. The lowest BCUT2D eigenvalue weighted by Crippen LogP contribution is -2.53. The molecule has 5 nitrogen and oxygen atoms in total. The summed E-state index contributed by atoms with van der Waals surface area (Å²) in [5, 5.41) is 8.48. The fourth-order valence-corrected chi connectivity index (χ4v) is 1.49. The first-order chi connectivity index (χ1) is 7.00. The summed E-state index contributed by atoms with van der Waals surface area (Å²) in [5.74, 6) is -0.836. The maximum atomic E-state index is 11.5. The van der Waals surface area contributed by atoms with Gasteiger partial charge in [-0.15, -0.1) is 0 Å². The third-order valence-electron chi connectivity index (χ3n) is 2.17. The van der Waals surface area contributed by atoms with Crippen LogP contribution < -0.4 is 10.3 Å². The SMILES string of the molecule is Cc1cc(C)[n+](CCCC(=O)O)c(=O)[nH]1. The van der Waals surface area contributed by atoms with Gasteiger partial charge in [-0.2, -0.15) is 9.36 Å². The lowest BCUT2D eigenvalue weighted by Gasteiger charge is -2.01. The highest BCUT2D eigenvalue weighted by molar-refractivity contribution is 5.66. The molecule has 0 aromatic carbocycles. The summed E-state index contributed by atoms with van der Waals surface area (Å²) in [6, 6.07) is 1.86. The van der Waals surface area contributed by atoms with Gasteiger partial charge in [0.25, 0.3) is 0 Å². The van der Waals surface area contributed by atoms with Gasteiger partial charge in [-0.05, 0) is 20.3 Å². The Bertz CT molecular complexity index is 423. The molecule has 0 amide bonds. The summed E-state index contributed by atoms with van der Waals surface area (Å²) < 4.78 is 1.55. The number of rotatable bonds is 4. The minimum atomic E-state index is -0.836. The average Bonchev–Trinajstić information content (AvgIpc) is 2.08. The number of hydrogen-bond acceptors (Lipinski definition) is 2. The zero-order chi connectivity index (χ0) is 11.4. The van der Waals surface area contributed by atoms with Crippen LogP contribution in [0.3, 0.4) is 0 Å². The number of carboxylic acids is 1. The maximum absolute atomic E-state index is 11.5. The van der Waals surface area contributed by atoms with E-state index in [0.29, 0.717) is 13.0 Å². The molecular formula is C10H15N2O3+. The Morgan fingerprint density at radius 3 is 2.73 bits per heavy atom. The molecule has 5 heteroatoms. The monoisotopic (exact) mass is 211 g/mol. The fourth-order valence-electron chi connectivity index (χ4n) is 1.49. The molecule has 1 aromatic heterocycles. The first kappa shape index (κ1) is 11.4. The number of carboxylic acid groups (broad SMARTS) is 1. The summed E-state index contributed by atoms with van der Waals surface area (Å²) in [6.45, 7) is 4.09. The predicted molar refractivity (Wildman–Crippen MR) is 53.6 cm³/mol. The second-order valence-electron chi connectivity index (χ2n) is 3.55. The standard InChI is InChI=1S/C10H14N2O3/c1-7-6-8(2)12(10(15)11-7)5-3-4-9(13)14/h6H,3-5H2,1-2H3,(H,13,14)/p+1. The average molecular weight is 211 g/mol. The molecular weight excluding hydrogens is 196 g/mol. The van der Waals surface area contributed by atoms with Crippen molar-refractivity contribution in [1.82, 2.24) is 4.98 Å². The zero-order valence-electron chi connectivity index (χ0n) is 8.91. The molecule has 0 fully saturated rings. The van der Waals surface area contributed by atoms with Gasteiger partial charge in [-0.1, -0.05) is 0 Å². The van der Waals surface area contributed by atoms with Crippen LogP contribution in [0.15, 0.2) is 10.9 Å². The molecule has 0 aliphatic carbocycles. The van der Waals surface area contributed by atoms with Crippen LogP contribution in [-0.4, -0.2) is 16.1 Å². The van der Waals surface area contributed by atoms with Gasteiger partial charge < -0.3 is 5.11 Å². The van der Waals surface area contributed by atoms with Gasteiger partial charge in [-0.25, -0.2) is 4.98 Å². The second kappa shape index (κ2) is 4.72. The highest BCUT2D eigenvalue weighted by atomic mass is 16.4. The largest absolute Gasteiger partial charge is 0.496 e. The number of aryl methyl sites for hydroxylation is 2. The summed E-state index contributed by atoms with van der Waals surface area (Å²) in [6.07, 6.45) is 0.548. The van der Waals surface area contributed by atoms with E-state index in [2.05, 4.69) is 4.98 Å². The van der Waals surface area contributed by atoms with Gasteiger partial charge in [0.1, 0.15) is 11.4 Å². The predicted octanol–water partition coefficient (Wildman–Crippen LogP) is 0.144. The quantitative estimate of drug-likeness (QED) is 0.696. The van der Waals surface area contributed by atoms with Crippen LogP contribution >= 0.6 is 0 Å². The summed E-state index contributed by atoms with van der Waals surface area (Å²) >= 11 is 0. The second-order valence-corrected chi connectivity index (χ2v) is 3.55. The van der Waals surface area contributed by atoms with Crippen molar-refractivity contribution in [2.75, 3.05) is 0 Å². The van der Waals surface area contributed by atoms with Crippen molar-refractivity contribution >= 4 is 5.97 Å². The van der Waals surface area contributed by atoms with Crippen molar-refractivity contribution in [2.24, 2.45) is 0 Å². The van der Waals surface area contributed by atoms with E-state index in [1.54, 1.807) is 4.57 Å². The van der Waals surface area contributed by atoms with E-state index in [0.717, 1.165) is 11.4 Å². The third-order valence-corrected chi connectivity index (χ3v) is 2.17. The summed E-state index contributed by atoms with van der Waals surface area (Å²) in [7, 11) is 0. The number of carbonyl (C=O) groups is 1. The van der Waals surface area contributed by atoms with E-state index >= 15 is 0 Å². The van der Waals surface area contributed by atoms with E-state index in [1.165, 1.54) is 0 Å². The lowest BCUT2D eigenvalue weighted by molar-refractivity contribution is -0.719. The van der Waals surface area contributed by atoms with Gasteiger partial charge in [-0.3, -0.25) is 4.79 Å². The van der Waals surface area contributed by atoms with Gasteiger partial charge in [0.2, 0.25) is 0 Å². The fraction of sp³-hybridized carbons (Fsp3) is 0.500. The molecule has 0 spiro atoms. The van der Waals surface area contributed by atoms with Gasteiger partial charge >= 0.3 is 11.7 Å². The molecule has 0 atom stereocenters. The molecule has 0 bridgehead atoms. The first-order valence-corrected chi connectivity index (χ1v) is 4.83. The Balaban J connectivity index is 2.77. The molecule has 0 unspecified atom stereocenters. The van der Waals surface area contributed by atoms with Crippen molar-refractivity contribution in [3.8, 4) is 0 Å². The number of aliphatic carboxylic acids is 1. The van der Waals surface area contributed by atoms with Crippen molar-refractivity contribution < 1.29 is 14.5 Å². The third kappa shape index (κ3) is 3.19. The number of H-pyrrole nitrogens is 1. The van der Waals surface area contributed by atoms with E-state index in [9.17, 15) is 9.59 Å². The van der Waals surface area contributed by atoms with Crippen LogP contribution in [0.4, 0.5) is 0 Å². The van der Waals surface area contributed by atoms with Crippen LogP contribution in [0.5, 0.6) is 0 Å². The summed E-state index contributed by atoms with van der Waals surface area (Å²) in [5.41, 5.74) is 1.48. The van der Waals surface area contributed by atoms with Gasteiger partial charge in [0, 0.05) is 12.5 Å². The van der Waals surface area contributed by atoms with Gasteiger partial charge in [0.05, 0.1) is 6.54 Å². The molecule has 82 valence electrons. The van der Waals surface area contributed by atoms with Crippen LogP contribution in [0, 0.1) is 13.8 Å². The van der Waals surface area contributed by atoms with E-state index in [4.69, 9.17) is 5.11 Å². The Hall–Kier alpha value is -1.65. The number of hydrogen-bond donors (Lipinski definition) is 2. The maximum Gasteiger partial charge on any atom is 0.496 e. The van der Waals surface area contributed by atoms with Gasteiger partial charge in [0.15, 0.2) is 0 Å². The zero-order valence-corrected chi connectivity index (χ0v) is 8.91. The summed E-state index contributed by atoms with van der Waals surface area (Å²) in [4.78, 5) is 24.5. The van der Waals surface area contributed by atoms with E-state index < -0.39 is 5.97 Å². The molecule has 0 radical (unpaired) electrons. The molecule has 2 N–H and O–H groups in total. The topological polar surface area (TPSA) is 74.0 Å². The number of nitrogens with zero attached hydrogens (tertiary/aromatic N) is 1. The lowest BCUT2D eigenvalue weighted by atomic mass is 10.3. The van der Waals surface area contributed by atoms with Crippen LogP contribution in [0.2, 0.25) is 0 Å². The van der Waals surface area contributed by atoms with Crippen molar-refractivity contribution in [3.05, 3.63) is 27.9 Å². The number of aromatic amines is 1. The number of nitrogens with one attached hydrogen (secondary N) is 1. The molecule has 0 aliphatic heterocycles. The molecule has 1 aromatic rings. The normalized spacial score (nSPS) is 10.3. The van der Waals surface area contributed by atoms with Crippen LogP contribution in [-0.2, 0) is 11.3 Å². The minimum Gasteiger partial charge on any atom is -0.481 e. The first-order valence-electron chi connectivity index (χ1n) is 4.83. The Morgan fingerprint density at radius 1 is 1.53 bits per heavy atom. The Morgan fingerprint density at radius 2 is 2.20 bits per heavy atom. The molecule has 0 saturated heterocycles. The molecule has 0 aliphatic rings. The molecule has 1 heterocycles. The van der Waals surface area contributed by atoms with E-state index in [1.807, 2.05) is 19.9 Å².